The van der Waals surface area contributed by atoms with Crippen molar-refractivity contribution in [3.05, 3.63) is 41.5 Å². The zero-order valence-corrected chi connectivity index (χ0v) is 11.9. The van der Waals surface area contributed by atoms with Crippen molar-refractivity contribution < 1.29 is 17.6 Å². The summed E-state index contributed by atoms with van der Waals surface area (Å²) in [6.07, 6.45) is -2.89. The molecule has 0 aliphatic carbocycles. The Kier molecular flexibility index (Phi) is 3.31. The number of nitrogens with one attached hydrogen (secondary N) is 1. The van der Waals surface area contributed by atoms with Crippen LogP contribution in [0.5, 0.6) is 0 Å². The summed E-state index contributed by atoms with van der Waals surface area (Å²) in [5.41, 5.74) is 2.69. The predicted octanol–water partition coefficient (Wildman–Crippen LogP) is 3.50. The third-order valence-electron chi connectivity index (χ3n) is 3.47. The Balaban J connectivity index is 1.90. The van der Waals surface area contributed by atoms with Crippen LogP contribution in [0.25, 0.3) is 11.1 Å². The van der Waals surface area contributed by atoms with Crippen LogP contribution >= 0.6 is 0 Å². The maximum Gasteiger partial charge on any atom is 0.468 e. The van der Waals surface area contributed by atoms with Gasteiger partial charge < -0.3 is 9.73 Å². The average molecular weight is 310 g/mol. The number of hydrogen-bond donors (Lipinski definition) is 1. The van der Waals surface area contributed by atoms with Gasteiger partial charge in [-0.2, -0.15) is 18.3 Å². The lowest BCUT2D eigenvalue weighted by molar-refractivity contribution is -0.156. The van der Waals surface area contributed by atoms with Crippen LogP contribution in [0, 0.1) is 6.92 Å². The van der Waals surface area contributed by atoms with E-state index >= 15 is 0 Å². The molecule has 5 nitrogen and oxygen atoms in total. The van der Waals surface area contributed by atoms with Gasteiger partial charge in [0.25, 0.3) is 0 Å². The van der Waals surface area contributed by atoms with E-state index in [2.05, 4.69) is 15.4 Å². The Labute approximate surface area is 123 Å². The van der Waals surface area contributed by atoms with Crippen molar-refractivity contribution in [1.82, 2.24) is 14.8 Å². The van der Waals surface area contributed by atoms with Crippen LogP contribution < -0.4 is 5.32 Å². The van der Waals surface area contributed by atoms with E-state index in [1.807, 2.05) is 14.0 Å². The first-order chi connectivity index (χ1) is 10.4. The fraction of sp³-hybridized carbons (Fsp3) is 0.286. The second-order valence-corrected chi connectivity index (χ2v) is 4.90. The summed E-state index contributed by atoms with van der Waals surface area (Å²) in [4.78, 5) is 3.55. The van der Waals surface area contributed by atoms with E-state index in [1.54, 1.807) is 23.0 Å². The van der Waals surface area contributed by atoms with Crippen LogP contribution in [-0.2, 0) is 19.8 Å². The Bertz CT molecular complexity index is 819. The lowest BCUT2D eigenvalue weighted by Gasteiger charge is -2.06. The minimum Gasteiger partial charge on any atom is -0.433 e. The van der Waals surface area contributed by atoms with Crippen molar-refractivity contribution in [2.24, 2.45) is 7.05 Å². The Hall–Kier alpha value is -2.51. The SMILES string of the molecule is Cc1c(CNc2cccc3oc(C(F)(F)F)nc23)cnn1C. The van der Waals surface area contributed by atoms with Gasteiger partial charge in [0, 0.05) is 24.8 Å². The largest absolute Gasteiger partial charge is 0.468 e. The van der Waals surface area contributed by atoms with E-state index in [0.29, 0.717) is 12.2 Å². The zero-order chi connectivity index (χ0) is 15.9. The molecule has 2 aromatic heterocycles. The maximum atomic E-state index is 12.7. The highest BCUT2D eigenvalue weighted by Gasteiger charge is 2.37. The monoisotopic (exact) mass is 310 g/mol. The molecule has 0 atom stereocenters. The number of alkyl halides is 3. The van der Waals surface area contributed by atoms with Crippen molar-refractivity contribution in [3.63, 3.8) is 0 Å². The second-order valence-electron chi connectivity index (χ2n) is 4.90. The number of aromatic nitrogens is 3. The molecule has 0 saturated carbocycles. The number of hydrogen-bond acceptors (Lipinski definition) is 4. The molecule has 0 bridgehead atoms. The van der Waals surface area contributed by atoms with Gasteiger partial charge >= 0.3 is 12.1 Å². The highest BCUT2D eigenvalue weighted by Crippen LogP contribution is 2.33. The van der Waals surface area contributed by atoms with Crippen molar-refractivity contribution in [2.45, 2.75) is 19.6 Å². The molecule has 0 spiro atoms. The molecule has 0 fully saturated rings. The quantitative estimate of drug-likeness (QED) is 0.804. The number of anilines is 1. The van der Waals surface area contributed by atoms with Crippen LogP contribution in [0.15, 0.2) is 28.8 Å². The van der Waals surface area contributed by atoms with Crippen LogP contribution in [0.1, 0.15) is 17.1 Å². The molecule has 1 aromatic carbocycles. The Morgan fingerprint density at radius 1 is 1.32 bits per heavy atom. The van der Waals surface area contributed by atoms with Crippen molar-refractivity contribution >= 4 is 16.8 Å². The average Bonchev–Trinajstić information content (AvgIpc) is 3.02. The Morgan fingerprint density at radius 3 is 2.73 bits per heavy atom. The first-order valence-corrected chi connectivity index (χ1v) is 6.54. The van der Waals surface area contributed by atoms with Gasteiger partial charge in [-0.25, -0.2) is 4.98 Å². The van der Waals surface area contributed by atoms with Gasteiger partial charge in [0.15, 0.2) is 5.58 Å². The van der Waals surface area contributed by atoms with E-state index in [0.717, 1.165) is 11.3 Å². The molecule has 22 heavy (non-hydrogen) atoms. The molecular formula is C14H13F3N4O. The number of rotatable bonds is 3. The molecule has 1 N–H and O–H groups in total. The number of nitrogens with zero attached hydrogens (tertiary/aromatic N) is 3. The highest BCUT2D eigenvalue weighted by atomic mass is 19.4. The number of benzene rings is 1. The molecular weight excluding hydrogens is 297 g/mol. The number of fused-ring (bicyclic) bond motifs is 1. The fourth-order valence-corrected chi connectivity index (χ4v) is 2.12. The third kappa shape index (κ3) is 2.51. The standard InChI is InChI=1S/C14H13F3N4O/c1-8-9(7-19-21(8)2)6-18-10-4-3-5-11-12(10)20-13(22-11)14(15,16)17/h3-5,7,18H,6H2,1-2H3. The van der Waals surface area contributed by atoms with Crippen molar-refractivity contribution in [3.8, 4) is 0 Å². The molecule has 2 heterocycles. The summed E-state index contributed by atoms with van der Waals surface area (Å²) >= 11 is 0. The predicted molar refractivity (Wildman–Crippen MR) is 74.3 cm³/mol. The molecule has 0 saturated heterocycles. The van der Waals surface area contributed by atoms with E-state index in [-0.39, 0.29) is 11.1 Å². The van der Waals surface area contributed by atoms with Gasteiger partial charge in [0.05, 0.1) is 11.9 Å². The number of para-hydroxylation sites is 1. The van der Waals surface area contributed by atoms with E-state index in [9.17, 15) is 13.2 Å². The van der Waals surface area contributed by atoms with Crippen LogP contribution in [-0.4, -0.2) is 14.8 Å². The summed E-state index contributed by atoms with van der Waals surface area (Å²) in [7, 11) is 1.83. The molecule has 0 unspecified atom stereocenters. The van der Waals surface area contributed by atoms with Crippen LogP contribution in [0.3, 0.4) is 0 Å². The van der Waals surface area contributed by atoms with Gasteiger partial charge in [-0.05, 0) is 19.1 Å². The van der Waals surface area contributed by atoms with Gasteiger partial charge in [0.1, 0.15) is 5.52 Å². The second kappa shape index (κ2) is 5.04. The zero-order valence-electron chi connectivity index (χ0n) is 11.9. The number of oxazole rings is 1. The van der Waals surface area contributed by atoms with Gasteiger partial charge in [-0.15, -0.1) is 0 Å². The summed E-state index contributed by atoms with van der Waals surface area (Å²) in [5.74, 6) is -1.24. The van der Waals surface area contributed by atoms with E-state index < -0.39 is 12.1 Å². The smallest absolute Gasteiger partial charge is 0.433 e. The van der Waals surface area contributed by atoms with E-state index in [1.165, 1.54) is 6.07 Å². The minimum atomic E-state index is -4.60. The highest BCUT2D eigenvalue weighted by molar-refractivity contribution is 5.86. The first kappa shape index (κ1) is 14.4. The lowest BCUT2D eigenvalue weighted by atomic mass is 10.2. The Morgan fingerprint density at radius 2 is 2.09 bits per heavy atom. The van der Waals surface area contributed by atoms with Crippen molar-refractivity contribution in [2.75, 3.05) is 5.32 Å². The first-order valence-electron chi connectivity index (χ1n) is 6.54. The van der Waals surface area contributed by atoms with Crippen molar-refractivity contribution in [1.29, 1.82) is 0 Å². The summed E-state index contributed by atoms with van der Waals surface area (Å²) in [6, 6.07) is 4.74. The van der Waals surface area contributed by atoms with Gasteiger partial charge in [0.2, 0.25) is 0 Å². The molecule has 0 aliphatic heterocycles. The number of aryl methyl sites for hydroxylation is 1. The molecule has 0 radical (unpaired) electrons. The number of halogens is 3. The summed E-state index contributed by atoms with van der Waals surface area (Å²) in [5, 5.41) is 7.20. The van der Waals surface area contributed by atoms with Gasteiger partial charge in [-0.3, -0.25) is 4.68 Å². The summed E-state index contributed by atoms with van der Waals surface area (Å²) in [6.45, 7) is 2.36. The lowest BCUT2D eigenvalue weighted by Crippen LogP contribution is -2.05. The molecule has 116 valence electrons. The molecule has 3 aromatic rings. The summed E-state index contributed by atoms with van der Waals surface area (Å²) < 4.78 is 44.5. The maximum absolute atomic E-state index is 12.7. The molecule has 0 amide bonds. The van der Waals surface area contributed by atoms with E-state index in [4.69, 9.17) is 4.42 Å². The molecule has 8 heteroatoms. The molecule has 3 rings (SSSR count). The topological polar surface area (TPSA) is 55.9 Å². The van der Waals surface area contributed by atoms with Gasteiger partial charge in [-0.1, -0.05) is 6.07 Å². The van der Waals surface area contributed by atoms with Crippen LogP contribution in [0.2, 0.25) is 0 Å². The third-order valence-corrected chi connectivity index (χ3v) is 3.47. The minimum absolute atomic E-state index is 0.0974. The fourth-order valence-electron chi connectivity index (χ4n) is 2.12. The van der Waals surface area contributed by atoms with Crippen LogP contribution in [0.4, 0.5) is 18.9 Å². The molecule has 0 aliphatic rings. The normalized spacial score (nSPS) is 12.0.